The normalized spacial score (nSPS) is 33.5. The van der Waals surface area contributed by atoms with Crippen LogP contribution in [0.5, 0.6) is 0 Å². The van der Waals surface area contributed by atoms with E-state index in [4.69, 9.17) is 4.74 Å². The van der Waals surface area contributed by atoms with Crippen molar-refractivity contribution < 1.29 is 4.74 Å². The van der Waals surface area contributed by atoms with E-state index in [2.05, 4.69) is 12.2 Å². The fraction of sp³-hybridized carbons (Fsp3) is 1.00. The first kappa shape index (κ1) is 13.4. The van der Waals surface area contributed by atoms with Gasteiger partial charge in [-0.1, -0.05) is 25.7 Å². The van der Waals surface area contributed by atoms with Crippen LogP contribution in [0.1, 0.15) is 64.7 Å². The molecular formula is C15H29NO. The third kappa shape index (κ3) is 3.96. The molecule has 2 heteroatoms. The molecular weight excluding hydrogens is 210 g/mol. The monoisotopic (exact) mass is 239 g/mol. The Morgan fingerprint density at radius 2 is 1.65 bits per heavy atom. The molecule has 3 atom stereocenters. The Labute approximate surface area is 107 Å². The lowest BCUT2D eigenvalue weighted by molar-refractivity contribution is 0.0425. The van der Waals surface area contributed by atoms with Crippen LogP contribution in [0.25, 0.3) is 0 Å². The molecule has 2 aliphatic rings. The van der Waals surface area contributed by atoms with Crippen LogP contribution in [0.4, 0.5) is 0 Å². The molecule has 17 heavy (non-hydrogen) atoms. The number of nitrogens with one attached hydrogen (secondary N) is 1. The largest absolute Gasteiger partial charge is 0.381 e. The van der Waals surface area contributed by atoms with E-state index < -0.39 is 0 Å². The van der Waals surface area contributed by atoms with Gasteiger partial charge in [0.05, 0.1) is 6.10 Å². The molecule has 0 aromatic carbocycles. The number of rotatable bonds is 4. The van der Waals surface area contributed by atoms with Crippen molar-refractivity contribution >= 4 is 0 Å². The minimum absolute atomic E-state index is 0.436. The minimum atomic E-state index is 0.436. The molecule has 0 aromatic heterocycles. The third-order valence-corrected chi connectivity index (χ3v) is 4.83. The first-order chi connectivity index (χ1) is 8.29. The summed E-state index contributed by atoms with van der Waals surface area (Å²) in [6.07, 6.45) is 13.0. The molecule has 1 N–H and O–H groups in total. The van der Waals surface area contributed by atoms with E-state index >= 15 is 0 Å². The van der Waals surface area contributed by atoms with Crippen molar-refractivity contribution in [3.63, 3.8) is 0 Å². The molecule has 3 unspecified atom stereocenters. The van der Waals surface area contributed by atoms with Crippen molar-refractivity contribution in [2.24, 2.45) is 5.92 Å². The molecule has 0 bridgehead atoms. The molecule has 2 fully saturated rings. The Balaban J connectivity index is 1.76. The van der Waals surface area contributed by atoms with Crippen molar-refractivity contribution in [1.29, 1.82) is 0 Å². The molecule has 100 valence electrons. The molecule has 2 aliphatic carbocycles. The highest BCUT2D eigenvalue weighted by molar-refractivity contribution is 4.84. The van der Waals surface area contributed by atoms with Gasteiger partial charge in [-0.15, -0.1) is 0 Å². The molecule has 2 rings (SSSR count). The number of ether oxygens (including phenoxy) is 1. The van der Waals surface area contributed by atoms with Crippen LogP contribution < -0.4 is 5.32 Å². The van der Waals surface area contributed by atoms with E-state index in [1.165, 1.54) is 57.8 Å². The van der Waals surface area contributed by atoms with Gasteiger partial charge < -0.3 is 10.1 Å². The molecule has 0 heterocycles. The molecule has 0 saturated heterocycles. The summed E-state index contributed by atoms with van der Waals surface area (Å²) in [4.78, 5) is 0. The van der Waals surface area contributed by atoms with Gasteiger partial charge in [-0.3, -0.25) is 0 Å². The quantitative estimate of drug-likeness (QED) is 0.810. The Hall–Kier alpha value is -0.0800. The summed E-state index contributed by atoms with van der Waals surface area (Å²) in [5.74, 6) is 0.773. The Bertz CT molecular complexity index is 211. The van der Waals surface area contributed by atoms with Crippen molar-refractivity contribution in [3.05, 3.63) is 0 Å². The van der Waals surface area contributed by atoms with Crippen LogP contribution in [0.2, 0.25) is 0 Å². The Kier molecular flexibility index (Phi) is 5.30. The van der Waals surface area contributed by atoms with Crippen molar-refractivity contribution in [3.8, 4) is 0 Å². The fourth-order valence-electron chi connectivity index (χ4n) is 3.60. The molecule has 0 aliphatic heterocycles. The predicted molar refractivity (Wildman–Crippen MR) is 72.2 cm³/mol. The maximum absolute atomic E-state index is 5.50. The van der Waals surface area contributed by atoms with Crippen molar-refractivity contribution in [1.82, 2.24) is 5.32 Å². The lowest BCUT2D eigenvalue weighted by Gasteiger charge is -2.36. The van der Waals surface area contributed by atoms with Gasteiger partial charge in [-0.05, 0) is 44.9 Å². The van der Waals surface area contributed by atoms with E-state index in [1.807, 2.05) is 7.11 Å². The molecule has 0 spiro atoms. The van der Waals surface area contributed by atoms with Crippen LogP contribution in [0.3, 0.4) is 0 Å². The van der Waals surface area contributed by atoms with Crippen molar-refractivity contribution in [2.45, 2.75) is 82.9 Å². The summed E-state index contributed by atoms with van der Waals surface area (Å²) in [5, 5.41) is 3.91. The third-order valence-electron chi connectivity index (χ3n) is 4.83. The van der Waals surface area contributed by atoms with E-state index in [0.717, 1.165) is 18.0 Å². The summed E-state index contributed by atoms with van der Waals surface area (Å²) in [5.41, 5.74) is 0. The summed E-state index contributed by atoms with van der Waals surface area (Å²) in [7, 11) is 1.85. The van der Waals surface area contributed by atoms with Gasteiger partial charge in [0, 0.05) is 19.2 Å². The van der Waals surface area contributed by atoms with Crippen LogP contribution in [-0.2, 0) is 4.74 Å². The molecule has 0 radical (unpaired) electrons. The zero-order valence-electron chi connectivity index (χ0n) is 11.6. The van der Waals surface area contributed by atoms with Crippen LogP contribution in [-0.4, -0.2) is 25.3 Å². The molecule has 0 aromatic rings. The van der Waals surface area contributed by atoms with Gasteiger partial charge in [0.1, 0.15) is 0 Å². The summed E-state index contributed by atoms with van der Waals surface area (Å²) >= 11 is 0. The summed E-state index contributed by atoms with van der Waals surface area (Å²) in [6, 6.07) is 1.57. The van der Waals surface area contributed by atoms with E-state index in [9.17, 15) is 0 Å². The lowest BCUT2D eigenvalue weighted by atomic mass is 9.82. The van der Waals surface area contributed by atoms with Crippen LogP contribution in [0.15, 0.2) is 0 Å². The van der Waals surface area contributed by atoms with E-state index in [0.29, 0.717) is 6.10 Å². The Morgan fingerprint density at radius 3 is 2.35 bits per heavy atom. The van der Waals surface area contributed by atoms with Gasteiger partial charge >= 0.3 is 0 Å². The standard InChI is InChI=1S/C15H29NO/c1-12(17-2)13-7-6-10-15(11-13)16-14-8-4-3-5-9-14/h12-16H,3-11H2,1-2H3. The fourth-order valence-corrected chi connectivity index (χ4v) is 3.60. The smallest absolute Gasteiger partial charge is 0.0571 e. The first-order valence-electron chi connectivity index (χ1n) is 7.58. The van der Waals surface area contributed by atoms with E-state index in [1.54, 1.807) is 0 Å². The van der Waals surface area contributed by atoms with Crippen LogP contribution in [0, 0.1) is 5.92 Å². The average Bonchev–Trinajstić information content (AvgIpc) is 2.39. The number of hydrogen-bond acceptors (Lipinski definition) is 2. The molecule has 2 saturated carbocycles. The maximum Gasteiger partial charge on any atom is 0.0571 e. The summed E-state index contributed by atoms with van der Waals surface area (Å²) in [6.45, 7) is 2.23. The lowest BCUT2D eigenvalue weighted by Crippen LogP contribution is -2.43. The van der Waals surface area contributed by atoms with Crippen molar-refractivity contribution in [2.75, 3.05) is 7.11 Å². The molecule has 2 nitrogen and oxygen atoms in total. The minimum Gasteiger partial charge on any atom is -0.381 e. The maximum atomic E-state index is 5.50. The zero-order valence-corrected chi connectivity index (χ0v) is 11.6. The number of hydrogen-bond donors (Lipinski definition) is 1. The van der Waals surface area contributed by atoms with Gasteiger partial charge in [-0.25, -0.2) is 0 Å². The summed E-state index contributed by atoms with van der Waals surface area (Å²) < 4.78 is 5.50. The Morgan fingerprint density at radius 1 is 0.941 bits per heavy atom. The van der Waals surface area contributed by atoms with Gasteiger partial charge in [0.15, 0.2) is 0 Å². The molecule has 0 amide bonds. The first-order valence-corrected chi connectivity index (χ1v) is 7.58. The van der Waals surface area contributed by atoms with E-state index in [-0.39, 0.29) is 0 Å². The number of methoxy groups -OCH3 is 1. The topological polar surface area (TPSA) is 21.3 Å². The predicted octanol–water partition coefficient (Wildman–Crippen LogP) is 3.50. The highest BCUT2D eigenvalue weighted by Gasteiger charge is 2.27. The highest BCUT2D eigenvalue weighted by Crippen LogP contribution is 2.29. The average molecular weight is 239 g/mol. The zero-order chi connectivity index (χ0) is 12.1. The SMILES string of the molecule is COC(C)C1CCCC(NC2CCCCC2)C1. The second kappa shape index (κ2) is 6.75. The van der Waals surface area contributed by atoms with Gasteiger partial charge in [0.25, 0.3) is 0 Å². The highest BCUT2D eigenvalue weighted by atomic mass is 16.5. The van der Waals surface area contributed by atoms with Crippen LogP contribution >= 0.6 is 0 Å². The van der Waals surface area contributed by atoms with Gasteiger partial charge in [-0.2, -0.15) is 0 Å². The van der Waals surface area contributed by atoms with Gasteiger partial charge in [0.2, 0.25) is 0 Å². The second-order valence-corrected chi connectivity index (χ2v) is 6.07. The second-order valence-electron chi connectivity index (χ2n) is 6.07.